The summed E-state index contributed by atoms with van der Waals surface area (Å²) in [7, 11) is 0. The zero-order valence-electron chi connectivity index (χ0n) is 30.7. The average molecular weight is 709 g/mol. The Bertz CT molecular complexity index is 2550. The second-order valence-corrected chi connectivity index (χ2v) is 16.5. The molecule has 0 atom stereocenters. The van der Waals surface area contributed by atoms with Crippen LogP contribution in [0.25, 0.3) is 50.1 Å². The zero-order chi connectivity index (χ0) is 36.6. The Hall–Kier alpha value is -6.18. The molecule has 1 aromatic heterocycles. The van der Waals surface area contributed by atoms with Crippen LogP contribution >= 0.6 is 0 Å². The Balaban J connectivity index is 1.11. The monoisotopic (exact) mass is 708 g/mol. The Kier molecular flexibility index (Phi) is 7.29. The summed E-state index contributed by atoms with van der Waals surface area (Å²) in [6.45, 7) is 8.01. The van der Waals surface area contributed by atoms with Gasteiger partial charge in [0.1, 0.15) is 0 Å². The van der Waals surface area contributed by atoms with Crippen LogP contribution < -0.4 is 0 Å². The van der Waals surface area contributed by atoms with Crippen molar-refractivity contribution in [3.63, 3.8) is 0 Å². The van der Waals surface area contributed by atoms with Crippen LogP contribution in [-0.4, -0.2) is 15.0 Å². The summed E-state index contributed by atoms with van der Waals surface area (Å²) >= 11 is 0. The van der Waals surface area contributed by atoms with Crippen LogP contribution in [0.5, 0.6) is 0 Å². The van der Waals surface area contributed by atoms with E-state index in [0.717, 1.165) is 67.8 Å². The fourth-order valence-corrected chi connectivity index (χ4v) is 11.6. The molecule has 7 aromatic rings. The molecule has 0 unspecified atom stereocenters. The molecule has 264 valence electrons. The first-order valence-corrected chi connectivity index (χ1v) is 19.8. The van der Waals surface area contributed by atoms with E-state index in [1.807, 2.05) is 24.3 Å². The molecule has 6 aromatic carbocycles. The third-order valence-corrected chi connectivity index (χ3v) is 13.4. The summed E-state index contributed by atoms with van der Waals surface area (Å²) in [5.74, 6) is 4.68. The summed E-state index contributed by atoms with van der Waals surface area (Å²) in [5.41, 5.74) is 11.5. The number of hydrogen-bond donors (Lipinski definition) is 0. The lowest BCUT2D eigenvalue weighted by molar-refractivity contribution is -0.00518. The SMILES string of the molecule is [C-]#[N+]c1ccc2c(c1)C(c1ccccc1)(c1ccccc1)c1cccc(-c3nc(-c4ccccc4)nc(-c4ccc(C56CC7CC(CC(C7)C5)C6)cc4)n3)c1-2. The standard InChI is InChI=1S/C51H40N4/c1-52-41-24-25-42-45(29-41)51(39-14-7-3-8-15-39,40-16-9-4-10-17-40)44-19-11-18-43(46(42)44)49-54-47(36-12-5-2-6-13-36)53-48(55-49)37-20-22-38(23-21-37)50-30-33-26-34(31-50)28-35(27-33)32-50/h2-25,29,33-35H,26-28,30-32H2. The minimum absolute atomic E-state index is 0.335. The minimum atomic E-state index is -0.644. The Morgan fingerprint density at radius 1 is 0.473 bits per heavy atom. The number of hydrogen-bond acceptors (Lipinski definition) is 3. The largest absolute Gasteiger partial charge is 0.238 e. The molecule has 0 aliphatic heterocycles. The number of rotatable bonds is 6. The topological polar surface area (TPSA) is 43.0 Å². The maximum absolute atomic E-state index is 8.01. The third-order valence-electron chi connectivity index (χ3n) is 13.4. The van der Waals surface area contributed by atoms with Gasteiger partial charge in [0, 0.05) is 16.7 Å². The summed E-state index contributed by atoms with van der Waals surface area (Å²) in [4.78, 5) is 19.6. The van der Waals surface area contributed by atoms with E-state index in [1.54, 1.807) is 0 Å². The molecule has 4 bridgehead atoms. The van der Waals surface area contributed by atoms with Gasteiger partial charge in [0.2, 0.25) is 0 Å². The predicted octanol–water partition coefficient (Wildman–Crippen LogP) is 12.3. The van der Waals surface area contributed by atoms with Gasteiger partial charge in [-0.1, -0.05) is 152 Å². The smallest absolute Gasteiger partial charge is 0.187 e. The molecule has 4 fully saturated rings. The number of nitrogens with zero attached hydrogens (tertiary/aromatic N) is 4. The first-order valence-electron chi connectivity index (χ1n) is 19.8. The molecule has 0 radical (unpaired) electrons. The van der Waals surface area contributed by atoms with E-state index in [4.69, 9.17) is 21.5 Å². The molecule has 12 rings (SSSR count). The van der Waals surface area contributed by atoms with Crippen LogP contribution in [0, 0.1) is 24.3 Å². The van der Waals surface area contributed by atoms with Gasteiger partial charge in [-0.15, -0.1) is 0 Å². The highest BCUT2D eigenvalue weighted by Crippen LogP contribution is 2.61. The first-order chi connectivity index (χ1) is 27.1. The summed E-state index contributed by atoms with van der Waals surface area (Å²) in [5, 5.41) is 0. The van der Waals surface area contributed by atoms with Crippen molar-refractivity contribution in [3.8, 4) is 45.3 Å². The van der Waals surface area contributed by atoms with E-state index in [9.17, 15) is 0 Å². The Morgan fingerprint density at radius 3 is 1.60 bits per heavy atom. The van der Waals surface area contributed by atoms with Crippen molar-refractivity contribution in [2.45, 2.75) is 49.4 Å². The fraction of sp³-hybridized carbons (Fsp3) is 0.216. The molecule has 0 saturated heterocycles. The van der Waals surface area contributed by atoms with Crippen molar-refractivity contribution in [3.05, 3.63) is 191 Å². The summed E-state index contributed by atoms with van der Waals surface area (Å²) < 4.78 is 0. The maximum Gasteiger partial charge on any atom is 0.187 e. The van der Waals surface area contributed by atoms with E-state index in [2.05, 4.69) is 132 Å². The molecule has 0 spiro atoms. The van der Waals surface area contributed by atoms with Gasteiger partial charge in [0.15, 0.2) is 23.2 Å². The van der Waals surface area contributed by atoms with E-state index in [0.29, 0.717) is 28.6 Å². The van der Waals surface area contributed by atoms with Gasteiger partial charge in [-0.05, 0) is 101 Å². The van der Waals surface area contributed by atoms with Gasteiger partial charge in [-0.2, -0.15) is 0 Å². The van der Waals surface area contributed by atoms with E-state index in [1.165, 1.54) is 44.1 Å². The Morgan fingerprint density at radius 2 is 1.02 bits per heavy atom. The van der Waals surface area contributed by atoms with Gasteiger partial charge < -0.3 is 0 Å². The van der Waals surface area contributed by atoms with Gasteiger partial charge in [0.05, 0.1) is 12.0 Å². The number of fused-ring (bicyclic) bond motifs is 3. The lowest BCUT2D eigenvalue weighted by Crippen LogP contribution is -2.48. The van der Waals surface area contributed by atoms with Crippen LogP contribution in [0.2, 0.25) is 0 Å². The van der Waals surface area contributed by atoms with Gasteiger partial charge >= 0.3 is 0 Å². The molecule has 4 heteroatoms. The third kappa shape index (κ3) is 4.99. The lowest BCUT2D eigenvalue weighted by atomic mass is 9.48. The fourth-order valence-electron chi connectivity index (χ4n) is 11.6. The van der Waals surface area contributed by atoms with Crippen molar-refractivity contribution in [1.29, 1.82) is 0 Å². The lowest BCUT2D eigenvalue weighted by Gasteiger charge is -2.57. The van der Waals surface area contributed by atoms with Crippen molar-refractivity contribution in [1.82, 2.24) is 15.0 Å². The van der Waals surface area contributed by atoms with Crippen LogP contribution in [0.1, 0.15) is 66.3 Å². The zero-order valence-corrected chi connectivity index (χ0v) is 30.7. The molecule has 5 aliphatic rings. The van der Waals surface area contributed by atoms with E-state index < -0.39 is 5.41 Å². The summed E-state index contributed by atoms with van der Waals surface area (Å²) in [6.07, 6.45) is 8.37. The van der Waals surface area contributed by atoms with E-state index >= 15 is 0 Å². The molecule has 0 amide bonds. The highest BCUT2D eigenvalue weighted by molar-refractivity contribution is 5.95. The molecular formula is C51H40N4. The molecule has 0 N–H and O–H groups in total. The second-order valence-electron chi connectivity index (χ2n) is 16.5. The molecule has 5 aliphatic carbocycles. The van der Waals surface area contributed by atoms with Gasteiger partial charge in [-0.25, -0.2) is 19.8 Å². The highest BCUT2D eigenvalue weighted by Gasteiger charge is 2.51. The number of aromatic nitrogens is 3. The average Bonchev–Trinajstić information content (AvgIpc) is 3.54. The number of benzene rings is 6. The normalized spacial score (nSPS) is 22.5. The first kappa shape index (κ1) is 32.3. The Labute approximate surface area is 322 Å². The minimum Gasteiger partial charge on any atom is -0.238 e. The maximum atomic E-state index is 8.01. The molecular weight excluding hydrogens is 669 g/mol. The van der Waals surface area contributed by atoms with Crippen LogP contribution in [0.4, 0.5) is 5.69 Å². The van der Waals surface area contributed by atoms with Crippen molar-refractivity contribution >= 4 is 5.69 Å². The second kappa shape index (κ2) is 12.4. The highest BCUT2D eigenvalue weighted by atomic mass is 15.0. The van der Waals surface area contributed by atoms with Crippen molar-refractivity contribution < 1.29 is 0 Å². The quantitative estimate of drug-likeness (QED) is 0.162. The van der Waals surface area contributed by atoms with E-state index in [-0.39, 0.29) is 0 Å². The predicted molar refractivity (Wildman–Crippen MR) is 220 cm³/mol. The molecule has 55 heavy (non-hydrogen) atoms. The van der Waals surface area contributed by atoms with Crippen molar-refractivity contribution in [2.75, 3.05) is 0 Å². The van der Waals surface area contributed by atoms with Crippen LogP contribution in [0.15, 0.2) is 152 Å². The summed E-state index contributed by atoms with van der Waals surface area (Å²) in [6, 6.07) is 53.7. The van der Waals surface area contributed by atoms with Crippen LogP contribution in [0.3, 0.4) is 0 Å². The molecule has 4 nitrogen and oxygen atoms in total. The van der Waals surface area contributed by atoms with Gasteiger partial charge in [-0.3, -0.25) is 0 Å². The van der Waals surface area contributed by atoms with Gasteiger partial charge in [0.25, 0.3) is 0 Å². The molecule has 1 heterocycles. The molecule has 4 saturated carbocycles. The van der Waals surface area contributed by atoms with Crippen molar-refractivity contribution in [2.24, 2.45) is 17.8 Å². The van der Waals surface area contributed by atoms with Crippen LogP contribution in [-0.2, 0) is 10.8 Å².